The molecule has 1 aliphatic heterocycles. The van der Waals surface area contributed by atoms with Crippen LogP contribution in [0.5, 0.6) is 0 Å². The lowest BCUT2D eigenvalue weighted by molar-refractivity contribution is 0.0697. The topological polar surface area (TPSA) is 49.3 Å². The van der Waals surface area contributed by atoms with E-state index in [1.165, 1.54) is 24.8 Å². The number of carboxylic acids is 1. The molecule has 2 N–H and O–H groups in total. The molecule has 0 spiro atoms. The summed E-state index contributed by atoms with van der Waals surface area (Å²) >= 11 is 0. The van der Waals surface area contributed by atoms with Crippen LogP contribution in [0.15, 0.2) is 48.5 Å². The van der Waals surface area contributed by atoms with E-state index in [-0.39, 0.29) is 0 Å². The van der Waals surface area contributed by atoms with E-state index < -0.39 is 5.97 Å². The smallest absolute Gasteiger partial charge is 0.336 e. The third kappa shape index (κ3) is 3.20. The van der Waals surface area contributed by atoms with E-state index in [2.05, 4.69) is 17.4 Å². The molecule has 0 aromatic heterocycles. The van der Waals surface area contributed by atoms with Crippen molar-refractivity contribution in [3.63, 3.8) is 0 Å². The van der Waals surface area contributed by atoms with Crippen molar-refractivity contribution in [1.29, 1.82) is 0 Å². The van der Waals surface area contributed by atoms with Gasteiger partial charge in [-0.3, -0.25) is 0 Å². The second kappa shape index (κ2) is 6.75. The van der Waals surface area contributed by atoms with Crippen molar-refractivity contribution in [3.8, 4) is 11.1 Å². The van der Waals surface area contributed by atoms with Gasteiger partial charge in [-0.1, -0.05) is 49.2 Å². The summed E-state index contributed by atoms with van der Waals surface area (Å²) in [7, 11) is 0. The molecule has 1 fully saturated rings. The van der Waals surface area contributed by atoms with Crippen LogP contribution < -0.4 is 5.32 Å². The highest BCUT2D eigenvalue weighted by Crippen LogP contribution is 2.29. The van der Waals surface area contributed by atoms with Crippen LogP contribution in [-0.2, 0) is 0 Å². The van der Waals surface area contributed by atoms with Crippen LogP contribution in [0.2, 0.25) is 0 Å². The van der Waals surface area contributed by atoms with Gasteiger partial charge < -0.3 is 10.4 Å². The van der Waals surface area contributed by atoms with Crippen LogP contribution in [0.4, 0.5) is 0 Å². The monoisotopic (exact) mass is 295 g/mol. The molecule has 1 atom stereocenters. The summed E-state index contributed by atoms with van der Waals surface area (Å²) in [6.07, 6.45) is 4.90. The van der Waals surface area contributed by atoms with Gasteiger partial charge in [-0.05, 0) is 48.2 Å². The van der Waals surface area contributed by atoms with E-state index in [9.17, 15) is 9.90 Å². The Labute approximate surface area is 131 Å². The largest absolute Gasteiger partial charge is 0.478 e. The minimum atomic E-state index is -0.881. The second-order valence-corrected chi connectivity index (χ2v) is 5.83. The van der Waals surface area contributed by atoms with Crippen LogP contribution in [0, 0.1) is 0 Å². The maximum absolute atomic E-state index is 11.4. The first kappa shape index (κ1) is 14.8. The van der Waals surface area contributed by atoms with Crippen molar-refractivity contribution >= 4 is 5.97 Å². The zero-order chi connectivity index (χ0) is 15.4. The van der Waals surface area contributed by atoms with Gasteiger partial charge in [-0.15, -0.1) is 0 Å². The average molecular weight is 295 g/mol. The Bertz CT molecular complexity index is 658. The van der Waals surface area contributed by atoms with Gasteiger partial charge in [0, 0.05) is 6.04 Å². The predicted molar refractivity (Wildman–Crippen MR) is 88.0 cm³/mol. The molecule has 1 saturated heterocycles. The quantitative estimate of drug-likeness (QED) is 0.889. The zero-order valence-electron chi connectivity index (χ0n) is 12.6. The first-order chi connectivity index (χ1) is 10.8. The maximum atomic E-state index is 11.4. The van der Waals surface area contributed by atoms with Crippen molar-refractivity contribution in [2.24, 2.45) is 0 Å². The third-order valence-electron chi connectivity index (χ3n) is 4.32. The summed E-state index contributed by atoms with van der Waals surface area (Å²) in [5, 5.41) is 13.0. The Kier molecular flexibility index (Phi) is 4.54. The lowest BCUT2D eigenvalue weighted by atomic mass is 9.95. The summed E-state index contributed by atoms with van der Waals surface area (Å²) in [4.78, 5) is 11.4. The summed E-state index contributed by atoms with van der Waals surface area (Å²) in [5.74, 6) is -0.881. The Morgan fingerprint density at radius 2 is 1.91 bits per heavy atom. The summed E-state index contributed by atoms with van der Waals surface area (Å²) in [6.45, 7) is 1.06. The molecule has 114 valence electrons. The molecule has 3 nitrogen and oxygen atoms in total. The van der Waals surface area contributed by atoms with Gasteiger partial charge >= 0.3 is 5.97 Å². The van der Waals surface area contributed by atoms with Crippen molar-refractivity contribution < 1.29 is 9.90 Å². The number of nitrogens with one attached hydrogen (secondary N) is 1. The molecule has 3 rings (SSSR count). The Morgan fingerprint density at radius 1 is 1.05 bits per heavy atom. The standard InChI is InChI=1S/C19H21NO2/c21-19(22)17-10-4-3-9-16(17)14-7-6-8-15(13-14)18-11-2-1-5-12-20-18/h3-4,6-10,13,18,20H,1-2,5,11-12H2,(H,21,22). The van der Waals surface area contributed by atoms with Gasteiger partial charge in [0.05, 0.1) is 5.56 Å². The number of hydrogen-bond donors (Lipinski definition) is 2. The van der Waals surface area contributed by atoms with E-state index in [4.69, 9.17) is 0 Å². The lowest BCUT2D eigenvalue weighted by Crippen LogP contribution is -2.20. The molecule has 0 saturated carbocycles. The number of rotatable bonds is 3. The third-order valence-corrected chi connectivity index (χ3v) is 4.32. The number of hydrogen-bond acceptors (Lipinski definition) is 2. The first-order valence-electron chi connectivity index (χ1n) is 7.92. The minimum Gasteiger partial charge on any atom is -0.478 e. The molecule has 2 aromatic rings. The van der Waals surface area contributed by atoms with Gasteiger partial charge in [-0.2, -0.15) is 0 Å². The zero-order valence-corrected chi connectivity index (χ0v) is 12.6. The molecule has 0 aliphatic carbocycles. The van der Waals surface area contributed by atoms with Crippen LogP contribution in [-0.4, -0.2) is 17.6 Å². The first-order valence-corrected chi connectivity index (χ1v) is 7.92. The molecule has 0 bridgehead atoms. The molecular formula is C19H21NO2. The summed E-state index contributed by atoms with van der Waals surface area (Å²) in [5.41, 5.74) is 3.36. The van der Waals surface area contributed by atoms with Crippen molar-refractivity contribution in [2.75, 3.05) is 6.54 Å². The second-order valence-electron chi connectivity index (χ2n) is 5.83. The van der Waals surface area contributed by atoms with E-state index in [1.807, 2.05) is 24.3 Å². The van der Waals surface area contributed by atoms with Crippen LogP contribution in [0.1, 0.15) is 47.6 Å². The van der Waals surface area contributed by atoms with Gasteiger partial charge in [0.1, 0.15) is 0 Å². The predicted octanol–water partition coefficient (Wildman–Crippen LogP) is 4.26. The van der Waals surface area contributed by atoms with Crippen LogP contribution in [0.3, 0.4) is 0 Å². The normalized spacial score (nSPS) is 18.6. The molecule has 22 heavy (non-hydrogen) atoms. The van der Waals surface area contributed by atoms with Crippen molar-refractivity contribution in [2.45, 2.75) is 31.7 Å². The average Bonchev–Trinajstić information content (AvgIpc) is 2.84. The highest BCUT2D eigenvalue weighted by atomic mass is 16.4. The number of carbonyl (C=O) groups is 1. The minimum absolute atomic E-state index is 0.355. The number of aromatic carboxylic acids is 1. The lowest BCUT2D eigenvalue weighted by Gasteiger charge is -2.17. The molecule has 0 amide bonds. The number of benzene rings is 2. The Hall–Kier alpha value is -2.13. The van der Waals surface area contributed by atoms with E-state index in [0.717, 1.165) is 24.1 Å². The Balaban J connectivity index is 1.96. The number of carboxylic acid groups (broad SMARTS) is 1. The fourth-order valence-electron chi connectivity index (χ4n) is 3.16. The molecule has 0 radical (unpaired) electrons. The van der Waals surface area contributed by atoms with E-state index >= 15 is 0 Å². The van der Waals surface area contributed by atoms with Crippen LogP contribution >= 0.6 is 0 Å². The van der Waals surface area contributed by atoms with Gasteiger partial charge in [-0.25, -0.2) is 4.79 Å². The van der Waals surface area contributed by atoms with Crippen molar-refractivity contribution in [3.05, 3.63) is 59.7 Å². The van der Waals surface area contributed by atoms with E-state index in [0.29, 0.717) is 11.6 Å². The molecule has 3 heteroatoms. The maximum Gasteiger partial charge on any atom is 0.336 e. The van der Waals surface area contributed by atoms with E-state index in [1.54, 1.807) is 12.1 Å². The molecular weight excluding hydrogens is 274 g/mol. The summed E-state index contributed by atoms with van der Waals surface area (Å²) in [6, 6.07) is 15.8. The fourth-order valence-corrected chi connectivity index (χ4v) is 3.16. The fraction of sp³-hybridized carbons (Fsp3) is 0.316. The van der Waals surface area contributed by atoms with Gasteiger partial charge in [0.25, 0.3) is 0 Å². The van der Waals surface area contributed by atoms with Gasteiger partial charge in [0.15, 0.2) is 0 Å². The van der Waals surface area contributed by atoms with Gasteiger partial charge in [0.2, 0.25) is 0 Å². The highest BCUT2D eigenvalue weighted by Gasteiger charge is 2.16. The molecule has 1 heterocycles. The SMILES string of the molecule is O=C(O)c1ccccc1-c1cccc(C2CCCCCN2)c1. The van der Waals surface area contributed by atoms with Crippen LogP contribution in [0.25, 0.3) is 11.1 Å². The highest BCUT2D eigenvalue weighted by molar-refractivity contribution is 5.96. The van der Waals surface area contributed by atoms with Crippen molar-refractivity contribution in [1.82, 2.24) is 5.32 Å². The molecule has 1 aliphatic rings. The Morgan fingerprint density at radius 3 is 2.77 bits per heavy atom. The molecule has 2 aromatic carbocycles. The molecule has 1 unspecified atom stereocenters. The summed E-state index contributed by atoms with van der Waals surface area (Å²) < 4.78 is 0.